The number of hydrogen-bond acceptors (Lipinski definition) is 18. The Morgan fingerprint density at radius 2 is 1.30 bits per heavy atom. The summed E-state index contributed by atoms with van der Waals surface area (Å²) in [5.74, 6) is -6.99. The number of esters is 1. The van der Waals surface area contributed by atoms with E-state index in [9.17, 15) is 70.6 Å². The quantitative estimate of drug-likeness (QED) is 0.119. The predicted octanol–water partition coefficient (Wildman–Crippen LogP) is 1.00. The van der Waals surface area contributed by atoms with E-state index in [0.29, 0.717) is 19.5 Å². The first-order chi connectivity index (χ1) is 34.9. The zero-order valence-corrected chi connectivity index (χ0v) is 43.5. The van der Waals surface area contributed by atoms with Crippen molar-refractivity contribution in [3.8, 4) is 0 Å². The van der Waals surface area contributed by atoms with Crippen molar-refractivity contribution in [2.45, 2.75) is 183 Å². The Morgan fingerprint density at radius 3 is 1.89 bits per heavy atom. The molecule has 2 amide bonds. The lowest BCUT2D eigenvalue weighted by molar-refractivity contribution is -0.309. The molecule has 2 bridgehead atoms. The van der Waals surface area contributed by atoms with Crippen LogP contribution in [0.25, 0.3) is 0 Å². The molecule has 21 heteroatoms. The van der Waals surface area contributed by atoms with Gasteiger partial charge in [-0.3, -0.25) is 9.59 Å². The molecule has 0 spiro atoms. The molecule has 0 radical (unpaired) electrons. The summed E-state index contributed by atoms with van der Waals surface area (Å²) in [6, 6.07) is -1.93. The van der Waals surface area contributed by atoms with Gasteiger partial charge >= 0.3 is 18.0 Å². The summed E-state index contributed by atoms with van der Waals surface area (Å²) in [5, 5.41) is 126. The second kappa shape index (κ2) is 32.4. The molecule has 13 N–H and O–H groups in total. The molecule has 19 atom stereocenters. The van der Waals surface area contributed by atoms with E-state index in [1.54, 1.807) is 86.8 Å². The minimum absolute atomic E-state index is 0.123. The number of cyclic esters (lactones) is 1. The molecule has 3 aliphatic heterocycles. The summed E-state index contributed by atoms with van der Waals surface area (Å²) < 4.78 is 23.6. The number of aliphatic hydroxyl groups excluding tert-OH is 9. The summed E-state index contributed by atoms with van der Waals surface area (Å²) in [6.07, 6.45) is 2.82. The number of rotatable bonds is 8. The first-order valence-corrected chi connectivity index (χ1v) is 25.5. The molecule has 0 unspecified atom stereocenters. The number of hydrogen-bond donors (Lipinski definition) is 13. The Kier molecular flexibility index (Phi) is 28.1. The third-order valence-corrected chi connectivity index (χ3v) is 13.3. The fraction of sp³-hybridized carbons (Fsp3) is 0.679. The molecule has 0 saturated carbocycles. The van der Waals surface area contributed by atoms with Gasteiger partial charge in [-0.2, -0.15) is 0 Å². The van der Waals surface area contributed by atoms with Crippen molar-refractivity contribution in [3.63, 3.8) is 0 Å². The minimum atomic E-state index is -2.37. The number of amides is 2. The van der Waals surface area contributed by atoms with E-state index in [1.165, 1.54) is 13.0 Å². The highest BCUT2D eigenvalue weighted by molar-refractivity contribution is 5.74. The molecule has 420 valence electrons. The molecule has 3 aliphatic rings. The van der Waals surface area contributed by atoms with Crippen LogP contribution < -0.4 is 10.6 Å². The number of carboxylic acids is 1. The number of nitrogens with zero attached hydrogens (tertiary/aromatic N) is 1. The summed E-state index contributed by atoms with van der Waals surface area (Å²) in [4.78, 5) is 40.1. The molecule has 3 heterocycles. The average Bonchev–Trinajstić information content (AvgIpc) is 3.30. The van der Waals surface area contributed by atoms with Gasteiger partial charge in [0.2, 0.25) is 0 Å². The fourth-order valence-corrected chi connectivity index (χ4v) is 8.91. The highest BCUT2D eigenvalue weighted by atomic mass is 16.7. The molecule has 0 aromatic rings. The molecular weight excluding hydrogens is 967 g/mol. The third kappa shape index (κ3) is 22.6. The second-order valence-corrected chi connectivity index (χ2v) is 20.1. The van der Waals surface area contributed by atoms with Crippen molar-refractivity contribution in [3.05, 3.63) is 85.1 Å². The minimum Gasteiger partial charge on any atom is -0.481 e. The van der Waals surface area contributed by atoms with Gasteiger partial charge in [0.15, 0.2) is 12.1 Å². The molecule has 3 rings (SSSR count). The Balaban J connectivity index is 1.91. The monoisotopic (exact) mass is 1050 g/mol. The number of aliphatic hydroxyl groups is 10. The maximum Gasteiger partial charge on any atom is 0.315 e. The van der Waals surface area contributed by atoms with Crippen molar-refractivity contribution in [2.24, 2.45) is 17.8 Å². The summed E-state index contributed by atoms with van der Waals surface area (Å²) >= 11 is 0. The average molecular weight is 1050 g/mol. The van der Waals surface area contributed by atoms with E-state index < -0.39 is 159 Å². The predicted molar refractivity (Wildman–Crippen MR) is 273 cm³/mol. The van der Waals surface area contributed by atoms with Gasteiger partial charge in [0.25, 0.3) is 0 Å². The van der Waals surface area contributed by atoms with Gasteiger partial charge in [-0.1, -0.05) is 98.9 Å². The van der Waals surface area contributed by atoms with Gasteiger partial charge in [-0.25, -0.2) is 4.79 Å². The molecule has 2 saturated heterocycles. The van der Waals surface area contributed by atoms with E-state index in [4.69, 9.17) is 18.9 Å². The van der Waals surface area contributed by atoms with Crippen LogP contribution in [0.3, 0.4) is 0 Å². The number of allylic oxidation sites excluding steroid dienone is 12. The van der Waals surface area contributed by atoms with Gasteiger partial charge in [-0.05, 0) is 60.2 Å². The number of aliphatic carboxylic acids is 1. The van der Waals surface area contributed by atoms with Crippen molar-refractivity contribution < 1.29 is 89.5 Å². The van der Waals surface area contributed by atoms with Crippen molar-refractivity contribution >= 4 is 18.0 Å². The smallest absolute Gasteiger partial charge is 0.315 e. The van der Waals surface area contributed by atoms with Gasteiger partial charge in [0.1, 0.15) is 24.2 Å². The summed E-state index contributed by atoms with van der Waals surface area (Å²) in [7, 11) is 3.78. The molecule has 2 fully saturated rings. The van der Waals surface area contributed by atoms with E-state index in [0.717, 1.165) is 0 Å². The van der Waals surface area contributed by atoms with Crippen molar-refractivity contribution in [1.82, 2.24) is 15.5 Å². The van der Waals surface area contributed by atoms with Crippen molar-refractivity contribution in [1.29, 1.82) is 0 Å². The zero-order chi connectivity index (χ0) is 55.1. The molecular formula is C53H85N3O18. The van der Waals surface area contributed by atoms with E-state index in [1.807, 2.05) is 32.0 Å². The second-order valence-electron chi connectivity index (χ2n) is 20.1. The lowest BCUT2D eigenvalue weighted by Gasteiger charge is -2.45. The Labute approximate surface area is 434 Å². The number of fused-ring (bicyclic) bond motifs is 2. The number of carbonyl (C=O) groups excluding carboxylic acids is 2. The number of nitrogens with one attached hydrogen (secondary N) is 2. The fourth-order valence-electron chi connectivity index (χ4n) is 8.91. The van der Waals surface area contributed by atoms with Gasteiger partial charge < -0.3 is 90.7 Å². The van der Waals surface area contributed by atoms with Gasteiger partial charge in [-0.15, -0.1) is 0 Å². The number of carboxylic acid groups (broad SMARTS) is 1. The van der Waals surface area contributed by atoms with Crippen LogP contribution in [0, 0.1) is 17.8 Å². The van der Waals surface area contributed by atoms with E-state index in [-0.39, 0.29) is 25.2 Å². The van der Waals surface area contributed by atoms with Crippen LogP contribution in [0.15, 0.2) is 85.1 Å². The van der Waals surface area contributed by atoms with Gasteiger partial charge in [0, 0.05) is 44.1 Å². The lowest BCUT2D eigenvalue weighted by atomic mass is 9.82. The zero-order valence-electron chi connectivity index (χ0n) is 43.5. The number of carbonyl (C=O) groups is 3. The van der Waals surface area contributed by atoms with Gasteiger partial charge in [0.05, 0.1) is 73.5 Å². The normalized spacial score (nSPS) is 41.3. The van der Waals surface area contributed by atoms with Crippen LogP contribution in [0.5, 0.6) is 0 Å². The maximum atomic E-state index is 12.9. The highest BCUT2D eigenvalue weighted by Crippen LogP contribution is 2.38. The molecule has 0 aliphatic carbocycles. The number of urea groups is 1. The summed E-state index contributed by atoms with van der Waals surface area (Å²) in [6.45, 7) is 7.72. The third-order valence-electron chi connectivity index (χ3n) is 13.3. The van der Waals surface area contributed by atoms with E-state index in [2.05, 4.69) is 10.6 Å². The Bertz CT molecular complexity index is 1910. The Morgan fingerprint density at radius 1 is 0.703 bits per heavy atom. The maximum absolute atomic E-state index is 12.9. The molecule has 0 aromatic carbocycles. The largest absolute Gasteiger partial charge is 0.481 e. The van der Waals surface area contributed by atoms with Crippen LogP contribution in [0.4, 0.5) is 4.79 Å². The molecule has 21 nitrogen and oxygen atoms in total. The van der Waals surface area contributed by atoms with Crippen LogP contribution >= 0.6 is 0 Å². The first-order valence-electron chi connectivity index (χ1n) is 25.5. The lowest BCUT2D eigenvalue weighted by Crippen LogP contribution is -2.65. The van der Waals surface area contributed by atoms with Crippen LogP contribution in [-0.2, 0) is 28.5 Å². The first kappa shape index (κ1) is 64.1. The Hall–Kier alpha value is -4.17. The topological polar surface area (TPSA) is 338 Å². The van der Waals surface area contributed by atoms with Crippen molar-refractivity contribution in [2.75, 3.05) is 27.2 Å². The molecule has 74 heavy (non-hydrogen) atoms. The highest BCUT2D eigenvalue weighted by Gasteiger charge is 2.51. The summed E-state index contributed by atoms with van der Waals surface area (Å²) in [5.41, 5.74) is 0. The molecule has 0 aromatic heterocycles. The van der Waals surface area contributed by atoms with E-state index >= 15 is 0 Å². The standard InChI is InChI=1S/C53H85N3O18/c1-32-20-17-15-13-11-9-7-8-10-12-14-16-18-21-39(73-51-49(66)46(48(65)35(4)72-51)55-52(69)54-24-19-25-56(5)6)29-43-45(50(67)68)42(62)31-53(70,74-43)30-38(59)27-41(61)40(60)23-22-36(57)26-37(58)28-44(63)71-34(3)33(2)47(32)64/h7-18,20-21,32-43,45-49,51,57-62,64-66,70H,19,22-31H2,1-6H3,(H,67,68)(H2,54,55,69)/b8-7+,11-9+,12-10+,15-13+,16-14+,20-17+,21-18+/t32-,33-,34-,35+,36+,37+,38-,39-,40+,41+,42-,43-,45+,46-,47+,48+,49-,51-,53+/m0/s1. The number of ether oxygens (including phenoxy) is 4. The SMILES string of the molecule is C[C@@H]1[C@H](O)[C@@H](C)/C=C/C=C/C=C/C=C/C=C/C=C/C=C/[C@H](O[C@@H]2O[C@H](C)[C@@H](O)[C@H](NC(=O)NCCCN(C)C)[C@@H]2O)C[C@@H]2O[C@](O)(C[C@@H](O)C[C@@H](O)[C@H](O)CC[C@@H](O)C[C@@H](O)CC(=O)O[C@H]1C)C[C@H](O)[C@H]2C(=O)O. The van der Waals surface area contributed by atoms with Crippen LogP contribution in [0.1, 0.15) is 85.5 Å². The van der Waals surface area contributed by atoms with Crippen LogP contribution in [0.2, 0.25) is 0 Å². The van der Waals surface area contributed by atoms with Crippen LogP contribution in [-0.4, -0.2) is 204 Å².